The first-order chi connectivity index (χ1) is 35.1. The van der Waals surface area contributed by atoms with Gasteiger partial charge < -0.3 is 19.2 Å². The van der Waals surface area contributed by atoms with Crippen molar-refractivity contribution in [3.63, 3.8) is 0 Å². The molecule has 414 valence electrons. The van der Waals surface area contributed by atoms with Crippen molar-refractivity contribution in [2.24, 2.45) is 5.92 Å². The van der Waals surface area contributed by atoms with Crippen LogP contribution in [0.2, 0.25) is 5.04 Å². The lowest BCUT2D eigenvalue weighted by molar-refractivity contribution is -0.149. The van der Waals surface area contributed by atoms with E-state index in [9.17, 15) is 9.59 Å². The van der Waals surface area contributed by atoms with Gasteiger partial charge in [0.15, 0.2) is 0 Å². The van der Waals surface area contributed by atoms with Gasteiger partial charge in [-0.2, -0.15) is 0 Å². The number of carbonyl (C=O) groups is 2. The lowest BCUT2D eigenvalue weighted by atomic mass is 9.94. The van der Waals surface area contributed by atoms with Gasteiger partial charge in [-0.1, -0.05) is 250 Å². The van der Waals surface area contributed by atoms with Gasteiger partial charge in [0.25, 0.3) is 8.32 Å². The topological polar surface area (TPSA) is 73.9 Å². The van der Waals surface area contributed by atoms with Gasteiger partial charge in [0, 0.05) is 12.6 Å². The number of thioether (sulfide) groups is 2. The van der Waals surface area contributed by atoms with E-state index >= 15 is 0 Å². The fourth-order valence-corrected chi connectivity index (χ4v) is 17.2. The lowest BCUT2D eigenvalue weighted by Crippen LogP contribution is -2.66. The SMILES string of the molecule is CCCCCCCCC(CCCCCC)C(=O)OCCCCCC(CCCCCOC(=O)C(SCCCCCCC)SCCCCCCC)NCCCCO[Si](c1ccccc1)(c1ccccc1)C(C)(C)C. The molecule has 2 rings (SSSR count). The molecule has 0 heterocycles. The lowest BCUT2D eigenvalue weighted by Gasteiger charge is -2.43. The number of rotatable bonds is 49. The minimum atomic E-state index is -2.55. The second kappa shape index (κ2) is 44.4. The molecular formula is C63H111NO5S2Si. The molecule has 9 heteroatoms. The minimum Gasteiger partial charge on any atom is -0.465 e. The second-order valence-corrected chi connectivity index (χ2v) is 28.9. The second-order valence-electron chi connectivity index (χ2n) is 21.9. The number of unbranched alkanes of at least 4 members (excludes halogenated alkanes) is 21. The largest absolute Gasteiger partial charge is 0.465 e. The molecule has 72 heavy (non-hydrogen) atoms. The fraction of sp³-hybridized carbons (Fsp3) is 0.778. The Labute approximate surface area is 454 Å². The van der Waals surface area contributed by atoms with Crippen LogP contribution in [-0.2, 0) is 23.5 Å². The highest BCUT2D eigenvalue weighted by Crippen LogP contribution is 2.37. The van der Waals surface area contributed by atoms with E-state index in [0.717, 1.165) is 115 Å². The molecule has 0 radical (unpaired) electrons. The van der Waals surface area contributed by atoms with E-state index in [1.54, 1.807) is 0 Å². The smallest absolute Gasteiger partial charge is 0.329 e. The third kappa shape index (κ3) is 30.1. The zero-order chi connectivity index (χ0) is 52.2. The van der Waals surface area contributed by atoms with Crippen LogP contribution in [0.5, 0.6) is 0 Å². The van der Waals surface area contributed by atoms with E-state index < -0.39 is 8.32 Å². The fourth-order valence-electron chi connectivity index (χ4n) is 10.1. The van der Waals surface area contributed by atoms with Gasteiger partial charge in [-0.15, -0.1) is 23.5 Å². The maximum atomic E-state index is 13.4. The summed E-state index contributed by atoms with van der Waals surface area (Å²) in [7, 11) is -2.55. The van der Waals surface area contributed by atoms with Crippen molar-refractivity contribution in [2.75, 3.05) is 37.9 Å². The van der Waals surface area contributed by atoms with E-state index in [-0.39, 0.29) is 27.5 Å². The summed E-state index contributed by atoms with van der Waals surface area (Å²) in [6.45, 7) is 18.9. The Hall–Kier alpha value is -1.78. The van der Waals surface area contributed by atoms with E-state index in [2.05, 4.69) is 114 Å². The number of nitrogens with one attached hydrogen (secondary N) is 1. The summed E-state index contributed by atoms with van der Waals surface area (Å²) >= 11 is 3.63. The summed E-state index contributed by atoms with van der Waals surface area (Å²) in [5, 5.41) is 6.61. The van der Waals surface area contributed by atoms with Crippen molar-refractivity contribution in [1.82, 2.24) is 5.32 Å². The van der Waals surface area contributed by atoms with Crippen molar-refractivity contribution < 1.29 is 23.5 Å². The summed E-state index contributed by atoms with van der Waals surface area (Å²) in [5.41, 5.74) is 0. The molecule has 2 aromatic carbocycles. The molecule has 0 aromatic heterocycles. The quantitative estimate of drug-likeness (QED) is 0.0304. The number of carbonyl (C=O) groups excluding carboxylic acids is 2. The molecule has 0 aliphatic heterocycles. The van der Waals surface area contributed by atoms with E-state index in [0.29, 0.717) is 19.3 Å². The molecule has 6 nitrogen and oxygen atoms in total. The Morgan fingerprint density at radius 1 is 0.472 bits per heavy atom. The zero-order valence-electron chi connectivity index (χ0n) is 47.7. The van der Waals surface area contributed by atoms with Crippen molar-refractivity contribution in [3.05, 3.63) is 60.7 Å². The average molecular weight is 1050 g/mol. The molecular weight excluding hydrogens is 943 g/mol. The van der Waals surface area contributed by atoms with Crippen LogP contribution in [-0.4, -0.2) is 68.8 Å². The molecule has 0 fully saturated rings. The third-order valence-corrected chi connectivity index (χ3v) is 22.4. The van der Waals surface area contributed by atoms with Crippen LogP contribution in [0.15, 0.2) is 60.7 Å². The van der Waals surface area contributed by atoms with Crippen LogP contribution in [0.25, 0.3) is 0 Å². The molecule has 0 saturated carbocycles. The van der Waals surface area contributed by atoms with Crippen LogP contribution in [0.3, 0.4) is 0 Å². The highest BCUT2D eigenvalue weighted by Gasteiger charge is 2.50. The van der Waals surface area contributed by atoms with Gasteiger partial charge in [0.2, 0.25) is 0 Å². The van der Waals surface area contributed by atoms with Gasteiger partial charge in [-0.25, -0.2) is 4.79 Å². The number of hydrogen-bond donors (Lipinski definition) is 1. The first-order valence-corrected chi connectivity index (χ1v) is 34.2. The maximum absolute atomic E-state index is 13.4. The monoisotopic (exact) mass is 1050 g/mol. The average Bonchev–Trinajstić information content (AvgIpc) is 3.38. The van der Waals surface area contributed by atoms with Gasteiger partial charge in [-0.05, 0) is 97.7 Å². The molecule has 2 aromatic rings. The third-order valence-electron chi connectivity index (χ3n) is 14.5. The minimum absolute atomic E-state index is 0.0171. The Morgan fingerprint density at radius 2 is 0.861 bits per heavy atom. The molecule has 0 saturated heterocycles. The molecule has 1 N–H and O–H groups in total. The predicted molar refractivity (Wildman–Crippen MR) is 320 cm³/mol. The van der Waals surface area contributed by atoms with Crippen LogP contribution in [0, 0.1) is 5.92 Å². The Kier molecular flexibility index (Phi) is 40.9. The van der Waals surface area contributed by atoms with Gasteiger partial charge in [0.05, 0.1) is 19.1 Å². The van der Waals surface area contributed by atoms with Crippen LogP contribution in [0.1, 0.15) is 254 Å². The Balaban J connectivity index is 1.95. The van der Waals surface area contributed by atoms with Gasteiger partial charge in [0.1, 0.15) is 4.58 Å². The molecule has 0 spiro atoms. The summed E-state index contributed by atoms with van der Waals surface area (Å²) in [4.78, 5) is 26.7. The first-order valence-electron chi connectivity index (χ1n) is 30.2. The predicted octanol–water partition coefficient (Wildman–Crippen LogP) is 17.6. The normalized spacial score (nSPS) is 12.9. The first kappa shape index (κ1) is 66.3. The molecule has 0 aliphatic rings. The molecule has 2 atom stereocenters. The summed E-state index contributed by atoms with van der Waals surface area (Å²) in [5.74, 6) is 2.18. The maximum Gasteiger partial charge on any atom is 0.329 e. The molecule has 0 aliphatic carbocycles. The van der Waals surface area contributed by atoms with E-state index in [4.69, 9.17) is 13.9 Å². The summed E-state index contributed by atoms with van der Waals surface area (Å²) < 4.78 is 19.1. The van der Waals surface area contributed by atoms with Gasteiger partial charge in [-0.3, -0.25) is 4.79 Å². The summed E-state index contributed by atoms with van der Waals surface area (Å²) in [6.07, 6.45) is 37.4. The Bertz CT molecular complexity index is 1490. The van der Waals surface area contributed by atoms with E-state index in [1.807, 2.05) is 23.5 Å². The molecule has 0 bridgehead atoms. The van der Waals surface area contributed by atoms with Crippen LogP contribution >= 0.6 is 23.5 Å². The highest BCUT2D eigenvalue weighted by atomic mass is 32.2. The summed E-state index contributed by atoms with van der Waals surface area (Å²) in [6, 6.07) is 22.4. The van der Waals surface area contributed by atoms with Crippen molar-refractivity contribution in [3.8, 4) is 0 Å². The molecule has 2 unspecified atom stereocenters. The Morgan fingerprint density at radius 3 is 1.33 bits per heavy atom. The number of benzene rings is 2. The van der Waals surface area contributed by atoms with Crippen LogP contribution < -0.4 is 15.7 Å². The zero-order valence-corrected chi connectivity index (χ0v) is 50.4. The van der Waals surface area contributed by atoms with E-state index in [1.165, 1.54) is 126 Å². The van der Waals surface area contributed by atoms with Crippen molar-refractivity contribution >= 4 is 54.2 Å². The van der Waals surface area contributed by atoms with Crippen LogP contribution in [0.4, 0.5) is 0 Å². The van der Waals surface area contributed by atoms with Crippen molar-refractivity contribution in [1.29, 1.82) is 0 Å². The number of ether oxygens (including phenoxy) is 2. The standard InChI is InChI=1S/C63H111NO5S2Si/c1-8-12-16-20-21-29-43-56(42-28-19-15-11-4)60(65)67-51-37-26-30-44-57(45-31-27-38-52-68-61(66)62(70-54-40-22-17-13-9-2)71-55-41-23-18-14-10-3)64-50-36-39-53-69-72(63(5,6)7,58-46-32-24-33-47-58)59-48-34-25-35-49-59/h24-25,32-35,46-49,56-57,62,64H,8-23,26-31,36-45,50-55H2,1-7H3. The number of hydrogen-bond acceptors (Lipinski definition) is 8. The molecule has 0 amide bonds. The van der Waals surface area contributed by atoms with Crippen molar-refractivity contribution in [2.45, 2.75) is 270 Å². The number of esters is 2. The van der Waals surface area contributed by atoms with Gasteiger partial charge >= 0.3 is 11.9 Å². The highest BCUT2D eigenvalue weighted by molar-refractivity contribution is 8.18.